The molecule has 3 heterocycles. The lowest BCUT2D eigenvalue weighted by atomic mass is 10.3. The quantitative estimate of drug-likeness (QED) is 0.807. The molecule has 0 saturated heterocycles. The van der Waals surface area contributed by atoms with Crippen LogP contribution in [-0.4, -0.2) is 19.4 Å². The Hall–Kier alpha value is -1.95. The Labute approximate surface area is 118 Å². The molecule has 0 radical (unpaired) electrons. The maximum absolute atomic E-state index is 4.56. The van der Waals surface area contributed by atoms with Crippen molar-refractivity contribution in [2.45, 2.75) is 13.5 Å². The minimum atomic E-state index is 0.621. The van der Waals surface area contributed by atoms with Gasteiger partial charge in [-0.25, -0.2) is 15.0 Å². The van der Waals surface area contributed by atoms with Crippen molar-refractivity contribution in [3.05, 3.63) is 52.8 Å². The van der Waals surface area contributed by atoms with Gasteiger partial charge in [0.15, 0.2) is 0 Å². The van der Waals surface area contributed by atoms with Crippen molar-refractivity contribution in [1.82, 2.24) is 19.4 Å². The minimum absolute atomic E-state index is 0.621. The number of nitrogens with zero attached hydrogens (tertiary/aromatic N) is 4. The summed E-state index contributed by atoms with van der Waals surface area (Å²) in [6.45, 7) is 2.68. The largest absolute Gasteiger partial charge is 0.363 e. The molecule has 96 valence electrons. The van der Waals surface area contributed by atoms with E-state index in [-0.39, 0.29) is 0 Å². The number of halogens is 1. The molecule has 0 unspecified atom stereocenters. The van der Waals surface area contributed by atoms with Crippen molar-refractivity contribution in [3.8, 4) is 0 Å². The van der Waals surface area contributed by atoms with Crippen LogP contribution in [0.25, 0.3) is 5.65 Å². The van der Waals surface area contributed by atoms with E-state index in [0.29, 0.717) is 6.54 Å². The Morgan fingerprint density at radius 2 is 2.32 bits per heavy atom. The molecule has 19 heavy (non-hydrogen) atoms. The summed E-state index contributed by atoms with van der Waals surface area (Å²) in [6, 6.07) is 4.12. The van der Waals surface area contributed by atoms with Gasteiger partial charge in [-0.3, -0.25) is 0 Å². The van der Waals surface area contributed by atoms with Crippen LogP contribution < -0.4 is 5.32 Å². The molecule has 1 N–H and O–H groups in total. The van der Waals surface area contributed by atoms with E-state index in [1.54, 1.807) is 6.20 Å². The molecular weight excluding hydrogens is 306 g/mol. The molecule has 3 aromatic heterocycles. The van der Waals surface area contributed by atoms with Crippen LogP contribution in [0.2, 0.25) is 0 Å². The third-order valence-corrected chi connectivity index (χ3v) is 3.35. The lowest BCUT2D eigenvalue weighted by molar-refractivity contribution is 1.04. The van der Waals surface area contributed by atoms with E-state index in [1.807, 2.05) is 16.8 Å². The van der Waals surface area contributed by atoms with Gasteiger partial charge in [-0.2, -0.15) is 0 Å². The summed E-state index contributed by atoms with van der Waals surface area (Å²) in [4.78, 5) is 12.6. The molecule has 5 nitrogen and oxygen atoms in total. The molecule has 3 rings (SSSR count). The van der Waals surface area contributed by atoms with Gasteiger partial charge >= 0.3 is 0 Å². The van der Waals surface area contributed by atoms with E-state index in [4.69, 9.17) is 0 Å². The Morgan fingerprint density at radius 1 is 1.42 bits per heavy atom. The zero-order valence-corrected chi connectivity index (χ0v) is 11.9. The fourth-order valence-electron chi connectivity index (χ4n) is 1.84. The van der Waals surface area contributed by atoms with Gasteiger partial charge in [-0.15, -0.1) is 0 Å². The summed E-state index contributed by atoms with van der Waals surface area (Å²) < 4.78 is 2.86. The van der Waals surface area contributed by atoms with Crippen molar-refractivity contribution < 1.29 is 0 Å². The van der Waals surface area contributed by atoms with Gasteiger partial charge in [0.05, 0.1) is 16.7 Å². The van der Waals surface area contributed by atoms with Crippen LogP contribution in [0.5, 0.6) is 0 Å². The zero-order chi connectivity index (χ0) is 13.2. The third kappa shape index (κ3) is 2.58. The second kappa shape index (κ2) is 4.97. The number of hydrogen-bond acceptors (Lipinski definition) is 4. The van der Waals surface area contributed by atoms with Gasteiger partial charge in [-0.1, -0.05) is 0 Å². The molecule has 0 aliphatic heterocycles. The lowest BCUT2D eigenvalue weighted by Gasteiger charge is -2.03. The number of hydrogen-bond donors (Lipinski definition) is 1. The average Bonchev–Trinajstić information content (AvgIpc) is 2.79. The Kier molecular flexibility index (Phi) is 3.16. The second-order valence-electron chi connectivity index (χ2n) is 4.27. The number of anilines is 1. The molecular formula is C13H12BrN5. The first-order valence-corrected chi connectivity index (χ1v) is 6.65. The smallest absolute Gasteiger partial charge is 0.144 e. The molecule has 0 atom stereocenters. The lowest BCUT2D eigenvalue weighted by Crippen LogP contribution is -2.02. The zero-order valence-electron chi connectivity index (χ0n) is 10.3. The Balaban J connectivity index is 1.80. The predicted octanol–water partition coefficient (Wildman–Crippen LogP) is 2.81. The summed E-state index contributed by atoms with van der Waals surface area (Å²) >= 11 is 3.40. The van der Waals surface area contributed by atoms with Gasteiger partial charge in [0, 0.05) is 18.6 Å². The molecule has 0 fully saturated rings. The van der Waals surface area contributed by atoms with Gasteiger partial charge in [0.1, 0.15) is 17.8 Å². The van der Waals surface area contributed by atoms with Crippen LogP contribution in [0.4, 0.5) is 5.82 Å². The Morgan fingerprint density at radius 3 is 3.16 bits per heavy atom. The third-order valence-electron chi connectivity index (χ3n) is 2.77. The van der Waals surface area contributed by atoms with Gasteiger partial charge in [-0.05, 0) is 40.5 Å². The van der Waals surface area contributed by atoms with E-state index in [2.05, 4.69) is 55.3 Å². The van der Waals surface area contributed by atoms with Crippen molar-refractivity contribution in [1.29, 1.82) is 0 Å². The summed E-state index contributed by atoms with van der Waals surface area (Å²) in [7, 11) is 0. The standard InChI is InChI=1S/C13H12BrN5/c1-9-2-3-19-7-10(18-12(19)4-9)5-16-13-11(14)6-15-8-17-13/h2-4,6-8H,5H2,1H3,(H,15,16,17). The van der Waals surface area contributed by atoms with Crippen LogP contribution in [0.15, 0.2) is 41.5 Å². The first kappa shape index (κ1) is 12.1. The minimum Gasteiger partial charge on any atom is -0.363 e. The number of fused-ring (bicyclic) bond motifs is 1. The number of aromatic nitrogens is 4. The molecule has 0 aliphatic rings. The molecule has 0 saturated carbocycles. The predicted molar refractivity (Wildman–Crippen MR) is 77.0 cm³/mol. The van der Waals surface area contributed by atoms with E-state index >= 15 is 0 Å². The van der Waals surface area contributed by atoms with Crippen molar-refractivity contribution in [3.63, 3.8) is 0 Å². The SMILES string of the molecule is Cc1ccn2cc(CNc3ncncc3Br)nc2c1. The van der Waals surface area contributed by atoms with Crippen LogP contribution in [-0.2, 0) is 6.54 Å². The number of nitrogens with one attached hydrogen (secondary N) is 1. The molecule has 6 heteroatoms. The van der Waals surface area contributed by atoms with E-state index in [0.717, 1.165) is 21.6 Å². The fraction of sp³-hybridized carbons (Fsp3) is 0.154. The number of rotatable bonds is 3. The topological polar surface area (TPSA) is 55.1 Å². The van der Waals surface area contributed by atoms with E-state index in [9.17, 15) is 0 Å². The highest BCUT2D eigenvalue weighted by Crippen LogP contribution is 2.18. The van der Waals surface area contributed by atoms with Crippen LogP contribution in [0.1, 0.15) is 11.3 Å². The number of imidazole rings is 1. The van der Waals surface area contributed by atoms with Gasteiger partial charge < -0.3 is 9.72 Å². The van der Waals surface area contributed by atoms with Gasteiger partial charge in [0.2, 0.25) is 0 Å². The van der Waals surface area contributed by atoms with E-state index < -0.39 is 0 Å². The summed E-state index contributed by atoms with van der Waals surface area (Å²) in [5.41, 5.74) is 3.13. The number of aryl methyl sites for hydroxylation is 1. The van der Waals surface area contributed by atoms with Crippen molar-refractivity contribution >= 4 is 27.4 Å². The highest BCUT2D eigenvalue weighted by atomic mass is 79.9. The summed E-state index contributed by atoms with van der Waals surface area (Å²) in [6.07, 6.45) is 7.25. The molecule has 0 bridgehead atoms. The van der Waals surface area contributed by atoms with Gasteiger partial charge in [0.25, 0.3) is 0 Å². The highest BCUT2D eigenvalue weighted by Gasteiger charge is 2.04. The molecule has 0 aliphatic carbocycles. The average molecular weight is 318 g/mol. The monoisotopic (exact) mass is 317 g/mol. The van der Waals surface area contributed by atoms with Crippen molar-refractivity contribution in [2.24, 2.45) is 0 Å². The molecule has 0 amide bonds. The molecule has 0 aromatic carbocycles. The fourth-order valence-corrected chi connectivity index (χ4v) is 2.20. The first-order valence-electron chi connectivity index (χ1n) is 5.86. The maximum atomic E-state index is 4.56. The molecule has 0 spiro atoms. The summed E-state index contributed by atoms with van der Waals surface area (Å²) in [5.74, 6) is 0.767. The second-order valence-corrected chi connectivity index (χ2v) is 5.13. The van der Waals surface area contributed by atoms with Crippen molar-refractivity contribution in [2.75, 3.05) is 5.32 Å². The molecule has 3 aromatic rings. The maximum Gasteiger partial charge on any atom is 0.144 e. The number of pyridine rings is 1. The normalized spacial score (nSPS) is 10.8. The van der Waals surface area contributed by atoms with Crippen LogP contribution in [0, 0.1) is 6.92 Å². The summed E-state index contributed by atoms with van der Waals surface area (Å²) in [5, 5.41) is 3.23. The van der Waals surface area contributed by atoms with Crippen LogP contribution in [0.3, 0.4) is 0 Å². The highest BCUT2D eigenvalue weighted by molar-refractivity contribution is 9.10. The van der Waals surface area contributed by atoms with Crippen LogP contribution >= 0.6 is 15.9 Å². The first-order chi connectivity index (χ1) is 9.22. The van der Waals surface area contributed by atoms with E-state index in [1.165, 1.54) is 11.9 Å². The Bertz CT molecular complexity index is 722.